The van der Waals surface area contributed by atoms with Crippen molar-refractivity contribution in [2.75, 3.05) is 39.3 Å². The van der Waals surface area contributed by atoms with E-state index in [1.165, 1.54) is 25.0 Å². The summed E-state index contributed by atoms with van der Waals surface area (Å²) in [5.41, 5.74) is 2.74. The van der Waals surface area contributed by atoms with Crippen LogP contribution in [0, 0.1) is 20.8 Å². The van der Waals surface area contributed by atoms with E-state index in [4.69, 9.17) is 0 Å². The average molecular weight is 620 g/mol. The lowest BCUT2D eigenvalue weighted by atomic mass is 10.2. The van der Waals surface area contributed by atoms with Gasteiger partial charge < -0.3 is 0 Å². The summed E-state index contributed by atoms with van der Waals surface area (Å²) in [5, 5.41) is 0. The molecule has 3 aromatic rings. The molecule has 1 aliphatic rings. The van der Waals surface area contributed by atoms with E-state index in [9.17, 15) is 25.3 Å². The van der Waals surface area contributed by atoms with Crippen LogP contribution >= 0.6 is 0 Å². The first-order chi connectivity index (χ1) is 19.3. The standard InChI is InChI=1S/C29H37N3O6S3/c1-24-6-12-27(13-7-24)39(33,34)30-18-4-5-19-31(40(35,36)28-14-8-25(2)9-15-28)21-23-32(22-20-30)41(37,38)29-16-10-26(3)11-17-29/h6-17H,4-5,18-23H2,1-3H3. The molecule has 222 valence electrons. The first kappa shape index (κ1) is 31.3. The van der Waals surface area contributed by atoms with Crippen molar-refractivity contribution in [2.45, 2.75) is 48.3 Å². The van der Waals surface area contributed by atoms with Crippen molar-refractivity contribution < 1.29 is 25.3 Å². The molecule has 1 saturated heterocycles. The number of benzene rings is 3. The molecule has 0 aliphatic carbocycles. The Labute approximate surface area is 244 Å². The second kappa shape index (κ2) is 12.7. The van der Waals surface area contributed by atoms with E-state index in [1.807, 2.05) is 20.8 Å². The summed E-state index contributed by atoms with van der Waals surface area (Å²) in [5.74, 6) is 0. The molecule has 4 rings (SSSR count). The third kappa shape index (κ3) is 7.25. The molecule has 3 aromatic carbocycles. The summed E-state index contributed by atoms with van der Waals surface area (Å²) in [6.45, 7) is 5.48. The topological polar surface area (TPSA) is 112 Å². The average Bonchev–Trinajstić information content (AvgIpc) is 2.98. The van der Waals surface area contributed by atoms with Crippen molar-refractivity contribution in [1.82, 2.24) is 12.9 Å². The Balaban J connectivity index is 1.69. The van der Waals surface area contributed by atoms with Gasteiger partial charge in [0.2, 0.25) is 30.1 Å². The van der Waals surface area contributed by atoms with Crippen LogP contribution in [0.4, 0.5) is 0 Å². The van der Waals surface area contributed by atoms with Crippen molar-refractivity contribution in [3.05, 3.63) is 89.5 Å². The Bertz CT molecular complexity index is 1570. The lowest BCUT2D eigenvalue weighted by Gasteiger charge is -2.28. The van der Waals surface area contributed by atoms with Gasteiger partial charge in [0.15, 0.2) is 0 Å². The normalized spacial score (nSPS) is 17.6. The number of hydrogen-bond acceptors (Lipinski definition) is 6. The van der Waals surface area contributed by atoms with Crippen molar-refractivity contribution in [3.63, 3.8) is 0 Å². The quantitative estimate of drug-likeness (QED) is 0.415. The Kier molecular flexibility index (Phi) is 9.72. The molecule has 0 saturated carbocycles. The van der Waals surface area contributed by atoms with E-state index in [-0.39, 0.29) is 54.0 Å². The summed E-state index contributed by atoms with van der Waals surface area (Å²) >= 11 is 0. The van der Waals surface area contributed by atoms with Gasteiger partial charge in [-0.1, -0.05) is 53.1 Å². The van der Waals surface area contributed by atoms with Crippen LogP contribution in [0.5, 0.6) is 0 Å². The van der Waals surface area contributed by atoms with Crippen LogP contribution in [-0.4, -0.2) is 77.4 Å². The van der Waals surface area contributed by atoms with Gasteiger partial charge in [0.25, 0.3) is 0 Å². The maximum atomic E-state index is 13.8. The third-order valence-corrected chi connectivity index (χ3v) is 13.0. The van der Waals surface area contributed by atoms with Crippen molar-refractivity contribution in [3.8, 4) is 0 Å². The van der Waals surface area contributed by atoms with Gasteiger partial charge >= 0.3 is 0 Å². The van der Waals surface area contributed by atoms with Crippen LogP contribution in [0.25, 0.3) is 0 Å². The second-order valence-electron chi connectivity index (χ2n) is 10.4. The summed E-state index contributed by atoms with van der Waals surface area (Å²) in [6.07, 6.45) is 0.825. The number of hydrogen-bond donors (Lipinski definition) is 0. The highest BCUT2D eigenvalue weighted by atomic mass is 32.2. The van der Waals surface area contributed by atoms with E-state index in [0.29, 0.717) is 12.8 Å². The summed E-state index contributed by atoms with van der Waals surface area (Å²) in [7, 11) is -11.9. The fourth-order valence-corrected chi connectivity index (χ4v) is 9.02. The molecular formula is C29H37N3O6S3. The molecule has 0 aromatic heterocycles. The molecule has 0 unspecified atom stereocenters. The van der Waals surface area contributed by atoms with E-state index >= 15 is 0 Å². The predicted molar refractivity (Wildman–Crippen MR) is 159 cm³/mol. The Morgan fingerprint density at radius 2 is 0.610 bits per heavy atom. The number of rotatable bonds is 6. The SMILES string of the molecule is Cc1ccc(S(=O)(=O)N2CCCCN(S(=O)(=O)c3ccc(C)cc3)CCN(S(=O)(=O)c3ccc(C)cc3)CC2)cc1. The van der Waals surface area contributed by atoms with Crippen LogP contribution in [0.15, 0.2) is 87.5 Å². The van der Waals surface area contributed by atoms with Crippen LogP contribution in [-0.2, 0) is 30.1 Å². The van der Waals surface area contributed by atoms with Gasteiger partial charge in [0.05, 0.1) is 14.7 Å². The minimum absolute atomic E-state index is 0.0635. The Morgan fingerprint density at radius 3 is 0.854 bits per heavy atom. The highest BCUT2D eigenvalue weighted by molar-refractivity contribution is 7.89. The molecule has 12 heteroatoms. The van der Waals surface area contributed by atoms with E-state index < -0.39 is 30.1 Å². The largest absolute Gasteiger partial charge is 0.243 e. The van der Waals surface area contributed by atoms with E-state index in [1.54, 1.807) is 60.7 Å². The predicted octanol–water partition coefficient (Wildman–Crippen LogP) is 3.78. The smallest absolute Gasteiger partial charge is 0.207 e. The lowest BCUT2D eigenvalue weighted by molar-refractivity contribution is 0.331. The molecule has 1 aliphatic heterocycles. The molecule has 0 atom stereocenters. The number of aryl methyl sites for hydroxylation is 3. The van der Waals surface area contributed by atoms with E-state index in [2.05, 4.69) is 0 Å². The first-order valence-corrected chi connectivity index (χ1v) is 17.8. The Morgan fingerprint density at radius 1 is 0.390 bits per heavy atom. The molecule has 0 bridgehead atoms. The second-order valence-corrected chi connectivity index (χ2v) is 16.2. The molecule has 41 heavy (non-hydrogen) atoms. The molecule has 0 N–H and O–H groups in total. The number of nitrogens with zero attached hydrogens (tertiary/aromatic N) is 3. The van der Waals surface area contributed by atoms with Crippen LogP contribution in [0.1, 0.15) is 29.5 Å². The molecule has 0 spiro atoms. The zero-order valence-corrected chi connectivity index (χ0v) is 26.1. The number of sulfonamides is 3. The molecule has 0 radical (unpaired) electrons. The zero-order chi connectivity index (χ0) is 29.8. The molecule has 0 amide bonds. The summed E-state index contributed by atoms with van der Waals surface area (Å²) in [6, 6.07) is 19.5. The molecule has 1 fully saturated rings. The van der Waals surface area contributed by atoms with Gasteiger partial charge in [-0.2, -0.15) is 12.9 Å². The fraction of sp³-hybridized carbons (Fsp3) is 0.379. The monoisotopic (exact) mass is 619 g/mol. The lowest BCUT2D eigenvalue weighted by Crippen LogP contribution is -2.44. The van der Waals surface area contributed by atoms with Gasteiger partial charge in [0.1, 0.15) is 0 Å². The maximum Gasteiger partial charge on any atom is 0.243 e. The minimum atomic E-state index is -4.05. The minimum Gasteiger partial charge on any atom is -0.207 e. The van der Waals surface area contributed by atoms with Crippen LogP contribution in [0.3, 0.4) is 0 Å². The van der Waals surface area contributed by atoms with Gasteiger partial charge in [-0.3, -0.25) is 0 Å². The molecule has 1 heterocycles. The van der Waals surface area contributed by atoms with Gasteiger partial charge in [-0.25, -0.2) is 25.3 Å². The first-order valence-electron chi connectivity index (χ1n) is 13.5. The van der Waals surface area contributed by atoms with Crippen LogP contribution in [0.2, 0.25) is 0 Å². The van der Waals surface area contributed by atoms with E-state index in [0.717, 1.165) is 16.7 Å². The highest BCUT2D eigenvalue weighted by Gasteiger charge is 2.32. The maximum absolute atomic E-state index is 13.8. The zero-order valence-electron chi connectivity index (χ0n) is 23.6. The van der Waals surface area contributed by atoms with Gasteiger partial charge in [0, 0.05) is 39.3 Å². The highest BCUT2D eigenvalue weighted by Crippen LogP contribution is 2.23. The summed E-state index contributed by atoms with van der Waals surface area (Å²) < 4.78 is 85.7. The Hall–Kier alpha value is -2.61. The van der Waals surface area contributed by atoms with Crippen molar-refractivity contribution in [2.24, 2.45) is 0 Å². The third-order valence-electron chi connectivity index (χ3n) is 7.24. The van der Waals surface area contributed by atoms with Gasteiger partial charge in [-0.05, 0) is 70.0 Å². The van der Waals surface area contributed by atoms with Crippen molar-refractivity contribution in [1.29, 1.82) is 0 Å². The van der Waals surface area contributed by atoms with Gasteiger partial charge in [-0.15, -0.1) is 0 Å². The molecular weight excluding hydrogens is 583 g/mol. The van der Waals surface area contributed by atoms with Crippen LogP contribution < -0.4 is 0 Å². The van der Waals surface area contributed by atoms with Crippen molar-refractivity contribution >= 4 is 30.1 Å². The summed E-state index contributed by atoms with van der Waals surface area (Å²) in [4.78, 5) is 0.336. The molecule has 9 nitrogen and oxygen atoms in total. The fourth-order valence-electron chi connectivity index (χ4n) is 4.66.